The SMILES string of the molecule is Cc1ccc(C(=O)OCC(=O)NC2(C#N)CCCCC2)c(O)c1. The van der Waals surface area contributed by atoms with E-state index in [2.05, 4.69) is 11.4 Å². The summed E-state index contributed by atoms with van der Waals surface area (Å²) in [5.41, 5.74) is -0.0330. The van der Waals surface area contributed by atoms with Crippen LogP contribution >= 0.6 is 0 Å². The van der Waals surface area contributed by atoms with Crippen molar-refractivity contribution in [3.05, 3.63) is 29.3 Å². The number of rotatable bonds is 4. The van der Waals surface area contributed by atoms with Gasteiger partial charge < -0.3 is 15.2 Å². The maximum atomic E-state index is 11.9. The maximum Gasteiger partial charge on any atom is 0.342 e. The summed E-state index contributed by atoms with van der Waals surface area (Å²) in [6, 6.07) is 6.74. The van der Waals surface area contributed by atoms with Gasteiger partial charge in [0.15, 0.2) is 6.61 Å². The van der Waals surface area contributed by atoms with Gasteiger partial charge in [-0.1, -0.05) is 25.3 Å². The van der Waals surface area contributed by atoms with Gasteiger partial charge in [0, 0.05) is 0 Å². The molecule has 0 saturated heterocycles. The van der Waals surface area contributed by atoms with Gasteiger partial charge in [-0.15, -0.1) is 0 Å². The van der Waals surface area contributed by atoms with Crippen LogP contribution in [0.4, 0.5) is 0 Å². The lowest BCUT2D eigenvalue weighted by molar-refractivity contribution is -0.125. The number of nitrogens with one attached hydrogen (secondary N) is 1. The molecule has 0 bridgehead atoms. The Bertz CT molecular complexity index is 642. The molecular formula is C17H20N2O4. The third-order valence-corrected chi connectivity index (χ3v) is 4.01. The molecule has 6 heteroatoms. The Kier molecular flexibility index (Phi) is 5.22. The van der Waals surface area contributed by atoms with E-state index >= 15 is 0 Å². The molecule has 0 aliphatic heterocycles. The molecule has 23 heavy (non-hydrogen) atoms. The lowest BCUT2D eigenvalue weighted by Crippen LogP contribution is -2.50. The molecule has 1 aromatic carbocycles. The number of phenolic OH excluding ortho intramolecular Hbond substituents is 1. The summed E-state index contributed by atoms with van der Waals surface area (Å²) >= 11 is 0. The molecule has 1 aromatic rings. The van der Waals surface area contributed by atoms with Crippen LogP contribution in [0.1, 0.15) is 48.0 Å². The third-order valence-electron chi connectivity index (χ3n) is 4.01. The van der Waals surface area contributed by atoms with Crippen LogP contribution in [0.15, 0.2) is 18.2 Å². The fourth-order valence-corrected chi connectivity index (χ4v) is 2.75. The molecule has 1 fully saturated rings. The molecule has 1 aliphatic rings. The van der Waals surface area contributed by atoms with Crippen molar-refractivity contribution in [2.75, 3.05) is 6.61 Å². The molecule has 0 heterocycles. The monoisotopic (exact) mass is 316 g/mol. The van der Waals surface area contributed by atoms with Gasteiger partial charge in [0.1, 0.15) is 16.9 Å². The Balaban J connectivity index is 1.91. The predicted molar refractivity (Wildman–Crippen MR) is 82.7 cm³/mol. The molecule has 0 radical (unpaired) electrons. The zero-order chi connectivity index (χ0) is 16.9. The van der Waals surface area contributed by atoms with Crippen molar-refractivity contribution in [1.29, 1.82) is 5.26 Å². The first-order chi connectivity index (χ1) is 11.0. The zero-order valence-electron chi connectivity index (χ0n) is 13.1. The first-order valence-electron chi connectivity index (χ1n) is 7.65. The summed E-state index contributed by atoms with van der Waals surface area (Å²) in [5, 5.41) is 21.7. The zero-order valence-corrected chi connectivity index (χ0v) is 13.1. The lowest BCUT2D eigenvalue weighted by atomic mass is 9.83. The standard InChI is InChI=1S/C17H20N2O4/c1-12-5-6-13(14(20)9-12)16(22)23-10-15(21)19-17(11-18)7-3-2-4-8-17/h5-6,9,20H,2-4,7-8,10H2,1H3,(H,19,21). The topological polar surface area (TPSA) is 99.4 Å². The van der Waals surface area contributed by atoms with E-state index in [1.807, 2.05) is 0 Å². The predicted octanol–water partition coefficient (Wildman–Crippen LogP) is 2.20. The quantitative estimate of drug-likeness (QED) is 0.830. The van der Waals surface area contributed by atoms with Gasteiger partial charge in [-0.3, -0.25) is 4.79 Å². The van der Waals surface area contributed by atoms with E-state index in [4.69, 9.17) is 4.74 Å². The summed E-state index contributed by atoms with van der Waals surface area (Å²) in [6.07, 6.45) is 4.07. The van der Waals surface area contributed by atoms with Crippen LogP contribution in [0.2, 0.25) is 0 Å². The second-order valence-electron chi connectivity index (χ2n) is 5.90. The Hall–Kier alpha value is -2.55. The molecule has 6 nitrogen and oxygen atoms in total. The van der Waals surface area contributed by atoms with Gasteiger partial charge in [0.2, 0.25) is 0 Å². The number of carbonyl (C=O) groups excluding carboxylic acids is 2. The van der Waals surface area contributed by atoms with E-state index in [1.54, 1.807) is 13.0 Å². The number of aryl methyl sites for hydroxylation is 1. The number of benzene rings is 1. The van der Waals surface area contributed by atoms with Crippen LogP contribution in [-0.2, 0) is 9.53 Å². The van der Waals surface area contributed by atoms with Gasteiger partial charge in [-0.25, -0.2) is 4.79 Å². The number of phenols is 1. The number of nitriles is 1. The van der Waals surface area contributed by atoms with Crippen LogP contribution in [-0.4, -0.2) is 29.1 Å². The van der Waals surface area contributed by atoms with Gasteiger partial charge in [-0.2, -0.15) is 5.26 Å². The number of amides is 1. The van der Waals surface area contributed by atoms with Crippen LogP contribution in [0, 0.1) is 18.3 Å². The van der Waals surface area contributed by atoms with E-state index in [0.717, 1.165) is 24.8 Å². The van der Waals surface area contributed by atoms with Crippen LogP contribution in [0.3, 0.4) is 0 Å². The molecule has 1 amide bonds. The number of hydrogen-bond acceptors (Lipinski definition) is 5. The Morgan fingerprint density at radius 3 is 2.65 bits per heavy atom. The van der Waals surface area contributed by atoms with E-state index in [9.17, 15) is 20.0 Å². The molecule has 0 atom stereocenters. The van der Waals surface area contributed by atoms with Crippen molar-refractivity contribution < 1.29 is 19.4 Å². The minimum absolute atomic E-state index is 0.0102. The van der Waals surface area contributed by atoms with E-state index in [-0.39, 0.29) is 11.3 Å². The molecule has 0 spiro atoms. The highest BCUT2D eigenvalue weighted by Crippen LogP contribution is 2.27. The number of esters is 1. The molecule has 0 unspecified atom stereocenters. The van der Waals surface area contributed by atoms with Gasteiger partial charge >= 0.3 is 5.97 Å². The summed E-state index contributed by atoms with van der Waals surface area (Å²) in [5.74, 6) is -1.46. The van der Waals surface area contributed by atoms with Crippen molar-refractivity contribution >= 4 is 11.9 Å². The fourth-order valence-electron chi connectivity index (χ4n) is 2.75. The number of aromatic hydroxyl groups is 1. The third kappa shape index (κ3) is 4.22. The Morgan fingerprint density at radius 1 is 1.35 bits per heavy atom. The minimum atomic E-state index is -0.853. The summed E-state index contributed by atoms with van der Waals surface area (Å²) in [4.78, 5) is 23.8. The first kappa shape index (κ1) is 16.8. The van der Waals surface area contributed by atoms with E-state index in [1.165, 1.54) is 12.1 Å². The second kappa shape index (κ2) is 7.14. The molecule has 122 valence electrons. The molecule has 1 saturated carbocycles. The molecule has 2 N–H and O–H groups in total. The minimum Gasteiger partial charge on any atom is -0.507 e. The summed E-state index contributed by atoms with van der Waals surface area (Å²) in [6.45, 7) is 1.31. The van der Waals surface area contributed by atoms with Crippen LogP contribution < -0.4 is 5.32 Å². The van der Waals surface area contributed by atoms with Crippen LogP contribution in [0.25, 0.3) is 0 Å². The first-order valence-corrected chi connectivity index (χ1v) is 7.65. The van der Waals surface area contributed by atoms with Crippen molar-refractivity contribution in [3.63, 3.8) is 0 Å². The number of hydrogen-bond donors (Lipinski definition) is 2. The van der Waals surface area contributed by atoms with Crippen molar-refractivity contribution in [1.82, 2.24) is 5.32 Å². The second-order valence-corrected chi connectivity index (χ2v) is 5.90. The Labute approximate surface area is 135 Å². The van der Waals surface area contributed by atoms with Gasteiger partial charge in [0.25, 0.3) is 5.91 Å². The highest BCUT2D eigenvalue weighted by atomic mass is 16.5. The van der Waals surface area contributed by atoms with Crippen LogP contribution in [0.5, 0.6) is 5.75 Å². The number of nitrogens with zero attached hydrogens (tertiary/aromatic N) is 1. The highest BCUT2D eigenvalue weighted by Gasteiger charge is 2.33. The maximum absolute atomic E-state index is 11.9. The average molecular weight is 316 g/mol. The molecule has 1 aliphatic carbocycles. The summed E-state index contributed by atoms with van der Waals surface area (Å²) in [7, 11) is 0. The molecular weight excluding hydrogens is 296 g/mol. The highest BCUT2D eigenvalue weighted by molar-refractivity contribution is 5.94. The van der Waals surface area contributed by atoms with Gasteiger partial charge in [-0.05, 0) is 37.5 Å². The van der Waals surface area contributed by atoms with Gasteiger partial charge in [0.05, 0.1) is 6.07 Å². The van der Waals surface area contributed by atoms with Crippen molar-refractivity contribution in [3.8, 4) is 11.8 Å². The number of carbonyl (C=O) groups is 2. The van der Waals surface area contributed by atoms with E-state index < -0.39 is 24.0 Å². The van der Waals surface area contributed by atoms with Crippen molar-refractivity contribution in [2.45, 2.75) is 44.6 Å². The fraction of sp³-hybridized carbons (Fsp3) is 0.471. The molecule has 2 rings (SSSR count). The smallest absolute Gasteiger partial charge is 0.342 e. The van der Waals surface area contributed by atoms with E-state index in [0.29, 0.717) is 12.8 Å². The largest absolute Gasteiger partial charge is 0.507 e. The summed E-state index contributed by atoms with van der Waals surface area (Å²) < 4.78 is 4.92. The Morgan fingerprint density at radius 2 is 2.04 bits per heavy atom. The molecule has 0 aromatic heterocycles. The average Bonchev–Trinajstić information content (AvgIpc) is 2.53. The normalized spacial score (nSPS) is 16.2. The lowest BCUT2D eigenvalue weighted by Gasteiger charge is -2.31. The van der Waals surface area contributed by atoms with Crippen molar-refractivity contribution in [2.24, 2.45) is 0 Å². The number of ether oxygens (including phenoxy) is 1.